The van der Waals surface area contributed by atoms with Gasteiger partial charge in [-0.3, -0.25) is 0 Å². The molecule has 0 atom stereocenters. The fourth-order valence-corrected chi connectivity index (χ4v) is 6.97. The summed E-state index contributed by atoms with van der Waals surface area (Å²) in [5, 5.41) is 16.6. The summed E-state index contributed by atoms with van der Waals surface area (Å²) < 4.78 is 30.3. The summed E-state index contributed by atoms with van der Waals surface area (Å²) in [4.78, 5) is 16.5. The fourth-order valence-electron chi connectivity index (χ4n) is 5.55. The van der Waals surface area contributed by atoms with Crippen LogP contribution in [0.2, 0.25) is 0 Å². The molecule has 41 heavy (non-hydrogen) atoms. The van der Waals surface area contributed by atoms with Crippen LogP contribution in [-0.2, 0) is 16.6 Å². The van der Waals surface area contributed by atoms with Crippen molar-refractivity contribution in [3.8, 4) is 0 Å². The predicted octanol–water partition coefficient (Wildman–Crippen LogP) is 3.82. The number of benzene rings is 2. The molecule has 2 fully saturated rings. The number of para-hydroxylation sites is 1. The van der Waals surface area contributed by atoms with Crippen LogP contribution in [0.3, 0.4) is 0 Å². The number of nitrogens with one attached hydrogen (secondary N) is 2. The molecule has 6 rings (SSSR count). The molecule has 2 aliphatic rings. The largest absolute Gasteiger partial charge is 0.393 e. The van der Waals surface area contributed by atoms with Crippen molar-refractivity contribution in [2.45, 2.75) is 56.2 Å². The van der Waals surface area contributed by atoms with Gasteiger partial charge in [0.25, 0.3) is 0 Å². The number of imidazole rings is 1. The van der Waals surface area contributed by atoms with E-state index in [-0.39, 0.29) is 17.0 Å². The molecule has 4 aromatic rings. The zero-order chi connectivity index (χ0) is 28.4. The highest BCUT2D eigenvalue weighted by Gasteiger charge is 2.28. The molecular weight excluding hydrogens is 540 g/mol. The first kappa shape index (κ1) is 27.4. The van der Waals surface area contributed by atoms with E-state index in [1.54, 1.807) is 34.9 Å². The standard InChI is InChI=1S/C29H36N8O3S/c1-2-35-20-30-26-27(33-29(34-28(26)35)32-22-8-12-24(38)13-9-22)31-21-10-14-25(15-11-21)41(39,40)37-18-16-36(17-19-37)23-6-4-3-5-7-23/h3-7,10-11,14-15,20,22,24,38H,2,8-9,12-13,16-19H2,1H3,(H2,31,32,33,34)/t22-,24-. The summed E-state index contributed by atoms with van der Waals surface area (Å²) >= 11 is 0. The SMILES string of the molecule is CCn1cnc2c(Nc3ccc(S(=O)(=O)N4CCN(c5ccccc5)CC4)cc3)nc(N[C@H]3CC[C@H](O)CC3)nc21. The van der Waals surface area contributed by atoms with Gasteiger partial charge in [0, 0.05) is 50.1 Å². The fraction of sp³-hybridized carbons (Fsp3) is 0.414. The van der Waals surface area contributed by atoms with Crippen LogP contribution in [-0.4, -0.2) is 75.7 Å². The van der Waals surface area contributed by atoms with Crippen molar-refractivity contribution in [3.63, 3.8) is 0 Å². The molecule has 216 valence electrons. The van der Waals surface area contributed by atoms with Crippen LogP contribution >= 0.6 is 0 Å². The topological polar surface area (TPSA) is 129 Å². The van der Waals surface area contributed by atoms with Crippen molar-refractivity contribution in [1.29, 1.82) is 0 Å². The second kappa shape index (κ2) is 11.6. The number of aromatic nitrogens is 4. The quantitative estimate of drug-likeness (QED) is 0.287. The minimum Gasteiger partial charge on any atom is -0.393 e. The highest BCUT2D eigenvalue weighted by Crippen LogP contribution is 2.28. The number of sulfonamides is 1. The van der Waals surface area contributed by atoms with Crippen LogP contribution in [0.25, 0.3) is 11.2 Å². The number of aryl methyl sites for hydroxylation is 1. The Labute approximate surface area is 240 Å². The van der Waals surface area contributed by atoms with E-state index in [9.17, 15) is 13.5 Å². The number of nitrogens with zero attached hydrogens (tertiary/aromatic N) is 6. The van der Waals surface area contributed by atoms with E-state index < -0.39 is 10.0 Å². The Bertz CT molecular complexity index is 1580. The summed E-state index contributed by atoms with van der Waals surface area (Å²) in [6.45, 7) is 4.92. The molecule has 3 N–H and O–H groups in total. The maximum absolute atomic E-state index is 13.4. The maximum Gasteiger partial charge on any atom is 0.243 e. The molecule has 0 unspecified atom stereocenters. The number of fused-ring (bicyclic) bond motifs is 1. The third-order valence-electron chi connectivity index (χ3n) is 7.95. The molecular formula is C29H36N8O3S. The first-order valence-corrected chi connectivity index (χ1v) is 15.7. The van der Waals surface area contributed by atoms with Crippen LogP contribution in [0.15, 0.2) is 65.8 Å². The van der Waals surface area contributed by atoms with Crippen LogP contribution in [0.4, 0.5) is 23.1 Å². The van der Waals surface area contributed by atoms with Gasteiger partial charge in [-0.2, -0.15) is 14.3 Å². The van der Waals surface area contributed by atoms with E-state index in [1.807, 2.05) is 41.8 Å². The van der Waals surface area contributed by atoms with Gasteiger partial charge in [0.1, 0.15) is 0 Å². The number of anilines is 4. The molecule has 2 aromatic carbocycles. The highest BCUT2D eigenvalue weighted by molar-refractivity contribution is 7.89. The van der Waals surface area contributed by atoms with Gasteiger partial charge in [0.15, 0.2) is 17.0 Å². The molecule has 1 aliphatic heterocycles. The van der Waals surface area contributed by atoms with E-state index in [0.29, 0.717) is 55.7 Å². The van der Waals surface area contributed by atoms with Crippen LogP contribution in [0.1, 0.15) is 32.6 Å². The van der Waals surface area contributed by atoms with E-state index >= 15 is 0 Å². The number of hydrogen-bond donors (Lipinski definition) is 3. The molecule has 0 spiro atoms. The minimum atomic E-state index is -3.61. The molecule has 12 heteroatoms. The van der Waals surface area contributed by atoms with Gasteiger partial charge in [-0.1, -0.05) is 18.2 Å². The summed E-state index contributed by atoms with van der Waals surface area (Å²) in [5.41, 5.74) is 3.18. The average molecular weight is 577 g/mol. The molecule has 3 heterocycles. The van der Waals surface area contributed by atoms with Crippen molar-refractivity contribution in [2.24, 2.45) is 0 Å². The molecule has 0 radical (unpaired) electrons. The second-order valence-corrected chi connectivity index (χ2v) is 12.6. The molecule has 1 saturated heterocycles. The number of piperazine rings is 1. The molecule has 0 bridgehead atoms. The Balaban J connectivity index is 1.17. The molecule has 0 amide bonds. The highest BCUT2D eigenvalue weighted by atomic mass is 32.2. The van der Waals surface area contributed by atoms with Crippen molar-refractivity contribution >= 4 is 44.3 Å². The van der Waals surface area contributed by atoms with Gasteiger partial charge in [0.05, 0.1) is 17.3 Å². The van der Waals surface area contributed by atoms with E-state index in [1.165, 1.54) is 0 Å². The van der Waals surface area contributed by atoms with Gasteiger partial charge >= 0.3 is 0 Å². The Morgan fingerprint density at radius 3 is 2.32 bits per heavy atom. The number of rotatable bonds is 8. The third kappa shape index (κ3) is 5.85. The predicted molar refractivity (Wildman–Crippen MR) is 160 cm³/mol. The van der Waals surface area contributed by atoms with Crippen LogP contribution in [0.5, 0.6) is 0 Å². The number of aliphatic hydroxyl groups is 1. The Morgan fingerprint density at radius 2 is 1.63 bits per heavy atom. The summed E-state index contributed by atoms with van der Waals surface area (Å²) in [7, 11) is -3.61. The summed E-state index contributed by atoms with van der Waals surface area (Å²) in [6, 6.07) is 17.1. The van der Waals surface area contributed by atoms with Gasteiger partial charge in [-0.25, -0.2) is 13.4 Å². The van der Waals surface area contributed by atoms with Crippen molar-refractivity contribution in [1.82, 2.24) is 23.8 Å². The summed E-state index contributed by atoms with van der Waals surface area (Å²) in [6.07, 6.45) is 4.75. The van der Waals surface area contributed by atoms with Crippen molar-refractivity contribution in [3.05, 3.63) is 60.9 Å². The van der Waals surface area contributed by atoms with Crippen LogP contribution in [0, 0.1) is 0 Å². The smallest absolute Gasteiger partial charge is 0.243 e. The van der Waals surface area contributed by atoms with E-state index in [2.05, 4.69) is 20.5 Å². The lowest BCUT2D eigenvalue weighted by Gasteiger charge is -2.35. The lowest BCUT2D eigenvalue weighted by molar-refractivity contribution is 0.126. The normalized spacial score (nSPS) is 20.3. The Hall–Kier alpha value is -3.74. The maximum atomic E-state index is 13.4. The third-order valence-corrected chi connectivity index (χ3v) is 9.86. The van der Waals surface area contributed by atoms with Crippen LogP contribution < -0.4 is 15.5 Å². The Morgan fingerprint density at radius 1 is 0.927 bits per heavy atom. The van der Waals surface area contributed by atoms with E-state index in [0.717, 1.165) is 37.0 Å². The molecule has 11 nitrogen and oxygen atoms in total. The lowest BCUT2D eigenvalue weighted by atomic mass is 9.93. The van der Waals surface area contributed by atoms with E-state index in [4.69, 9.17) is 9.97 Å². The monoisotopic (exact) mass is 576 g/mol. The van der Waals surface area contributed by atoms with Crippen molar-refractivity contribution < 1.29 is 13.5 Å². The minimum absolute atomic E-state index is 0.195. The Kier molecular flexibility index (Phi) is 7.78. The number of hydrogen-bond acceptors (Lipinski definition) is 9. The molecule has 1 saturated carbocycles. The van der Waals surface area contributed by atoms with Gasteiger partial charge in [-0.05, 0) is 69.0 Å². The molecule has 1 aliphatic carbocycles. The summed E-state index contributed by atoms with van der Waals surface area (Å²) in [5.74, 6) is 1.05. The van der Waals surface area contributed by atoms with Crippen molar-refractivity contribution in [2.75, 3.05) is 41.7 Å². The zero-order valence-electron chi connectivity index (χ0n) is 23.1. The number of aliphatic hydroxyl groups excluding tert-OH is 1. The second-order valence-electron chi connectivity index (χ2n) is 10.6. The lowest BCUT2D eigenvalue weighted by Crippen LogP contribution is -2.48. The van der Waals surface area contributed by atoms with Gasteiger partial charge in [0.2, 0.25) is 16.0 Å². The van der Waals surface area contributed by atoms with Gasteiger partial charge in [-0.15, -0.1) is 0 Å². The van der Waals surface area contributed by atoms with Gasteiger partial charge < -0.3 is 25.2 Å². The average Bonchev–Trinajstić information content (AvgIpc) is 3.42. The first-order valence-electron chi connectivity index (χ1n) is 14.3. The first-order chi connectivity index (χ1) is 19.9. The molecule has 2 aromatic heterocycles. The zero-order valence-corrected chi connectivity index (χ0v) is 24.0.